The third-order valence-electron chi connectivity index (χ3n) is 3.82. The zero-order chi connectivity index (χ0) is 15.5. The van der Waals surface area contributed by atoms with Gasteiger partial charge in [-0.1, -0.05) is 48.5 Å². The quantitative estimate of drug-likeness (QED) is 0.758. The maximum absolute atomic E-state index is 11.2. The van der Waals surface area contributed by atoms with Gasteiger partial charge in [0, 0.05) is 24.5 Å². The molecule has 0 radical (unpaired) electrons. The fourth-order valence-corrected chi connectivity index (χ4v) is 2.92. The summed E-state index contributed by atoms with van der Waals surface area (Å²) in [6.07, 6.45) is 0.0124. The second-order valence-corrected chi connectivity index (χ2v) is 5.24. The van der Waals surface area contributed by atoms with E-state index in [2.05, 4.69) is 22.0 Å². The van der Waals surface area contributed by atoms with Gasteiger partial charge in [0.05, 0.1) is 11.9 Å². The Hall–Kier alpha value is -2.75. The van der Waals surface area contributed by atoms with Crippen molar-refractivity contribution < 1.29 is 9.90 Å². The smallest absolute Gasteiger partial charge is 0.307 e. The minimum Gasteiger partial charge on any atom is -0.481 e. The Labute approximate surface area is 129 Å². The molecular weight excluding hydrogens is 276 g/mol. The first-order valence-corrected chi connectivity index (χ1v) is 7.24. The number of carboxylic acids is 1. The van der Waals surface area contributed by atoms with Crippen molar-refractivity contribution >= 4 is 22.7 Å². The first kappa shape index (κ1) is 14.2. The fourth-order valence-electron chi connectivity index (χ4n) is 2.92. The van der Waals surface area contributed by atoms with E-state index >= 15 is 0 Å². The highest BCUT2D eigenvalue weighted by molar-refractivity contribution is 5.93. The van der Waals surface area contributed by atoms with Gasteiger partial charge < -0.3 is 15.0 Å². The Morgan fingerprint density at radius 1 is 1.09 bits per heavy atom. The molecule has 1 aromatic heterocycles. The highest BCUT2D eigenvalue weighted by Crippen LogP contribution is 2.31. The summed E-state index contributed by atoms with van der Waals surface area (Å²) in [6.45, 7) is 0.706. The summed E-state index contributed by atoms with van der Waals surface area (Å²) in [4.78, 5) is 11.2. The van der Waals surface area contributed by atoms with Gasteiger partial charge in [0.2, 0.25) is 0 Å². The number of hydrogen-bond acceptors (Lipinski definition) is 2. The van der Waals surface area contributed by atoms with Gasteiger partial charge in [-0.2, -0.15) is 0 Å². The van der Waals surface area contributed by atoms with Crippen LogP contribution in [0, 0.1) is 0 Å². The Bertz CT molecular complexity index is 807. The molecule has 0 saturated carbocycles. The van der Waals surface area contributed by atoms with Crippen LogP contribution in [0.15, 0.2) is 54.6 Å². The van der Waals surface area contributed by atoms with Crippen molar-refractivity contribution in [1.82, 2.24) is 4.57 Å². The number of benzene rings is 2. The lowest BCUT2D eigenvalue weighted by molar-refractivity contribution is -0.136. The number of hydrogen-bond donors (Lipinski definition) is 2. The van der Waals surface area contributed by atoms with Crippen LogP contribution in [0.2, 0.25) is 0 Å². The van der Waals surface area contributed by atoms with Crippen molar-refractivity contribution in [3.8, 4) is 0 Å². The molecular formula is C18H18N2O2. The van der Waals surface area contributed by atoms with E-state index in [1.165, 1.54) is 5.56 Å². The molecule has 22 heavy (non-hydrogen) atoms. The van der Waals surface area contributed by atoms with E-state index in [0.717, 1.165) is 22.3 Å². The number of aromatic nitrogens is 1. The summed E-state index contributed by atoms with van der Waals surface area (Å²) < 4.78 is 2.14. The minimum atomic E-state index is -0.820. The average molecular weight is 294 g/mol. The Balaban J connectivity index is 2.17. The molecule has 3 aromatic rings. The molecule has 0 aliphatic rings. The normalized spacial score (nSPS) is 10.8. The molecule has 4 heteroatoms. The molecule has 4 nitrogen and oxygen atoms in total. The third-order valence-corrected chi connectivity index (χ3v) is 3.82. The standard InChI is InChI=1S/C18H18N2O2/c1-19-18-15(11-17(21)22)14-9-5-6-10-16(14)20(18)12-13-7-3-2-4-8-13/h2-10,19H,11-12H2,1H3,(H,21,22). The predicted molar refractivity (Wildman–Crippen MR) is 88.4 cm³/mol. The van der Waals surface area contributed by atoms with Crippen LogP contribution >= 0.6 is 0 Å². The summed E-state index contributed by atoms with van der Waals surface area (Å²) >= 11 is 0. The van der Waals surface area contributed by atoms with E-state index in [1.54, 1.807) is 0 Å². The molecule has 2 N–H and O–H groups in total. The molecule has 0 bridgehead atoms. The lowest BCUT2D eigenvalue weighted by Crippen LogP contribution is -2.07. The number of carboxylic acid groups (broad SMARTS) is 1. The van der Waals surface area contributed by atoms with Crippen molar-refractivity contribution in [2.24, 2.45) is 0 Å². The number of carbonyl (C=O) groups is 1. The van der Waals surface area contributed by atoms with Gasteiger partial charge in [0.1, 0.15) is 5.82 Å². The SMILES string of the molecule is CNc1c(CC(=O)O)c2ccccc2n1Cc1ccccc1. The summed E-state index contributed by atoms with van der Waals surface area (Å²) in [7, 11) is 1.83. The van der Waals surface area contributed by atoms with E-state index in [9.17, 15) is 9.90 Å². The molecule has 0 unspecified atom stereocenters. The molecule has 0 spiro atoms. The van der Waals surface area contributed by atoms with E-state index in [-0.39, 0.29) is 6.42 Å². The molecule has 0 saturated heterocycles. The van der Waals surface area contributed by atoms with Crippen molar-refractivity contribution in [1.29, 1.82) is 0 Å². The van der Waals surface area contributed by atoms with E-state index in [0.29, 0.717) is 6.54 Å². The lowest BCUT2D eigenvalue weighted by atomic mass is 10.1. The number of fused-ring (bicyclic) bond motifs is 1. The first-order valence-electron chi connectivity index (χ1n) is 7.24. The predicted octanol–water partition coefficient (Wildman–Crippen LogP) is 3.36. The molecule has 0 aliphatic heterocycles. The van der Waals surface area contributed by atoms with Crippen molar-refractivity contribution in [3.63, 3.8) is 0 Å². The topological polar surface area (TPSA) is 54.3 Å². The van der Waals surface area contributed by atoms with E-state index in [1.807, 2.05) is 49.5 Å². The van der Waals surface area contributed by atoms with Gasteiger partial charge in [0.15, 0.2) is 0 Å². The molecule has 0 aliphatic carbocycles. The van der Waals surface area contributed by atoms with Crippen LogP contribution in [-0.4, -0.2) is 22.7 Å². The fraction of sp³-hybridized carbons (Fsp3) is 0.167. The molecule has 1 heterocycles. The second-order valence-electron chi connectivity index (χ2n) is 5.24. The van der Waals surface area contributed by atoms with Crippen LogP contribution in [0.1, 0.15) is 11.1 Å². The Morgan fingerprint density at radius 3 is 2.45 bits per heavy atom. The highest BCUT2D eigenvalue weighted by atomic mass is 16.4. The van der Waals surface area contributed by atoms with Crippen LogP contribution in [0.4, 0.5) is 5.82 Å². The number of nitrogens with one attached hydrogen (secondary N) is 1. The van der Waals surface area contributed by atoms with Crippen LogP contribution in [0.5, 0.6) is 0 Å². The highest BCUT2D eigenvalue weighted by Gasteiger charge is 2.18. The molecule has 0 amide bonds. The maximum atomic E-state index is 11.2. The van der Waals surface area contributed by atoms with Crippen LogP contribution in [0.3, 0.4) is 0 Å². The summed E-state index contributed by atoms with van der Waals surface area (Å²) in [5.41, 5.74) is 3.06. The zero-order valence-corrected chi connectivity index (χ0v) is 12.4. The largest absolute Gasteiger partial charge is 0.481 e. The molecule has 0 atom stereocenters. The average Bonchev–Trinajstić information content (AvgIpc) is 2.81. The Morgan fingerprint density at radius 2 is 1.77 bits per heavy atom. The molecule has 112 valence electrons. The van der Waals surface area contributed by atoms with Gasteiger partial charge in [-0.15, -0.1) is 0 Å². The van der Waals surface area contributed by atoms with Crippen molar-refractivity contribution in [2.45, 2.75) is 13.0 Å². The second kappa shape index (κ2) is 5.93. The number of anilines is 1. The van der Waals surface area contributed by atoms with Gasteiger partial charge in [-0.3, -0.25) is 4.79 Å². The van der Waals surface area contributed by atoms with Gasteiger partial charge in [-0.25, -0.2) is 0 Å². The van der Waals surface area contributed by atoms with Crippen molar-refractivity contribution in [3.05, 3.63) is 65.7 Å². The number of para-hydroxylation sites is 1. The molecule has 3 rings (SSSR count). The molecule has 2 aromatic carbocycles. The number of aliphatic carboxylic acids is 1. The monoisotopic (exact) mass is 294 g/mol. The van der Waals surface area contributed by atoms with E-state index in [4.69, 9.17) is 0 Å². The Kier molecular flexibility index (Phi) is 3.83. The number of rotatable bonds is 5. The summed E-state index contributed by atoms with van der Waals surface area (Å²) in [5.74, 6) is 0.0477. The van der Waals surface area contributed by atoms with Gasteiger partial charge >= 0.3 is 5.97 Å². The molecule has 0 fully saturated rings. The maximum Gasteiger partial charge on any atom is 0.307 e. The number of nitrogens with zero attached hydrogens (tertiary/aromatic N) is 1. The lowest BCUT2D eigenvalue weighted by Gasteiger charge is -2.11. The van der Waals surface area contributed by atoms with Crippen LogP contribution in [0.25, 0.3) is 10.9 Å². The van der Waals surface area contributed by atoms with Crippen LogP contribution < -0.4 is 5.32 Å². The minimum absolute atomic E-state index is 0.0124. The van der Waals surface area contributed by atoms with Crippen molar-refractivity contribution in [2.75, 3.05) is 12.4 Å². The van der Waals surface area contributed by atoms with Gasteiger partial charge in [-0.05, 0) is 11.6 Å². The summed E-state index contributed by atoms with van der Waals surface area (Å²) in [6, 6.07) is 18.1. The van der Waals surface area contributed by atoms with Crippen LogP contribution in [-0.2, 0) is 17.8 Å². The summed E-state index contributed by atoms with van der Waals surface area (Å²) in [5, 5.41) is 13.4. The van der Waals surface area contributed by atoms with E-state index < -0.39 is 5.97 Å². The van der Waals surface area contributed by atoms with Gasteiger partial charge in [0.25, 0.3) is 0 Å². The zero-order valence-electron chi connectivity index (χ0n) is 12.4. The first-order chi connectivity index (χ1) is 10.7. The third kappa shape index (κ3) is 2.55.